The van der Waals surface area contributed by atoms with Crippen molar-refractivity contribution in [3.8, 4) is 11.1 Å². The summed E-state index contributed by atoms with van der Waals surface area (Å²) in [7, 11) is 2.16. The molecule has 6 nitrogen and oxygen atoms in total. The molecule has 2 aromatic heterocycles. The Kier molecular flexibility index (Phi) is 5.86. The molecule has 0 atom stereocenters. The molecule has 3 aromatic rings. The van der Waals surface area contributed by atoms with Gasteiger partial charge in [-0.1, -0.05) is 12.1 Å². The summed E-state index contributed by atoms with van der Waals surface area (Å²) >= 11 is 0. The zero-order valence-corrected chi connectivity index (χ0v) is 19.4. The van der Waals surface area contributed by atoms with Crippen LogP contribution < -0.4 is 10.6 Å². The predicted octanol–water partition coefficient (Wildman–Crippen LogP) is 5.48. The Bertz CT molecular complexity index is 1060. The van der Waals surface area contributed by atoms with Gasteiger partial charge in [-0.3, -0.25) is 9.88 Å². The number of pyridine rings is 1. The molecule has 2 N–H and O–H groups in total. The van der Waals surface area contributed by atoms with Gasteiger partial charge in [0, 0.05) is 35.2 Å². The molecule has 0 amide bonds. The summed E-state index contributed by atoms with van der Waals surface area (Å²) in [5.74, 6) is 0.136. The maximum absolute atomic E-state index is 14.6. The van der Waals surface area contributed by atoms with Crippen LogP contribution in [0.4, 0.5) is 21.8 Å². The monoisotopic (exact) mass is 434 g/mol. The molecule has 1 fully saturated rings. The molecule has 0 spiro atoms. The number of likely N-dealkylation sites (tertiary alicyclic amines) is 1. The molecule has 0 bridgehead atoms. The van der Waals surface area contributed by atoms with Crippen LogP contribution in [0.15, 0.2) is 55.0 Å². The minimum absolute atomic E-state index is 0.00258. The van der Waals surface area contributed by atoms with Gasteiger partial charge in [0.2, 0.25) is 5.95 Å². The van der Waals surface area contributed by atoms with Crippen molar-refractivity contribution in [2.75, 3.05) is 17.7 Å². The third kappa shape index (κ3) is 4.72. The summed E-state index contributed by atoms with van der Waals surface area (Å²) in [6, 6.07) is 12.0. The van der Waals surface area contributed by atoms with Crippen LogP contribution in [0.5, 0.6) is 0 Å². The Hall–Kier alpha value is -3.06. The second-order valence-electron chi connectivity index (χ2n) is 9.77. The van der Waals surface area contributed by atoms with Crippen LogP contribution in [0, 0.1) is 5.82 Å². The third-order valence-corrected chi connectivity index (χ3v) is 6.53. The van der Waals surface area contributed by atoms with Crippen LogP contribution in [0.3, 0.4) is 0 Å². The largest absolute Gasteiger partial charge is 0.365 e. The van der Waals surface area contributed by atoms with Gasteiger partial charge >= 0.3 is 0 Å². The van der Waals surface area contributed by atoms with E-state index in [2.05, 4.69) is 65.2 Å². The highest BCUT2D eigenvalue weighted by Crippen LogP contribution is 2.38. The fourth-order valence-electron chi connectivity index (χ4n) is 4.65. The van der Waals surface area contributed by atoms with Gasteiger partial charge in [0.05, 0.1) is 6.20 Å². The average Bonchev–Trinajstić information content (AvgIpc) is 2.75. The zero-order chi connectivity index (χ0) is 22.9. The Labute approximate surface area is 189 Å². The van der Waals surface area contributed by atoms with Crippen molar-refractivity contribution in [2.45, 2.75) is 57.7 Å². The molecular weight excluding hydrogens is 403 g/mol. The second kappa shape index (κ2) is 8.47. The summed E-state index contributed by atoms with van der Waals surface area (Å²) in [5, 5.41) is 6.55. The number of piperidine rings is 1. The Morgan fingerprint density at radius 2 is 1.69 bits per heavy atom. The van der Waals surface area contributed by atoms with Gasteiger partial charge in [0.25, 0.3) is 0 Å². The highest BCUT2D eigenvalue weighted by Gasteiger charge is 2.43. The molecule has 0 unspecified atom stereocenters. The van der Waals surface area contributed by atoms with Gasteiger partial charge in [-0.2, -0.15) is 4.98 Å². The van der Waals surface area contributed by atoms with Crippen LogP contribution in [0.1, 0.15) is 40.5 Å². The van der Waals surface area contributed by atoms with Gasteiger partial charge < -0.3 is 10.6 Å². The smallest absolute Gasteiger partial charge is 0.229 e. The molecule has 3 heterocycles. The van der Waals surface area contributed by atoms with Gasteiger partial charge in [-0.25, -0.2) is 9.37 Å². The third-order valence-electron chi connectivity index (χ3n) is 6.53. The Morgan fingerprint density at radius 3 is 2.38 bits per heavy atom. The van der Waals surface area contributed by atoms with Crippen molar-refractivity contribution in [2.24, 2.45) is 0 Å². The first-order valence-electron chi connectivity index (χ1n) is 10.9. The number of rotatable bonds is 5. The first kappa shape index (κ1) is 22.1. The van der Waals surface area contributed by atoms with Gasteiger partial charge in [-0.05, 0) is 83.0 Å². The van der Waals surface area contributed by atoms with Crippen LogP contribution in [0.25, 0.3) is 11.1 Å². The summed E-state index contributed by atoms with van der Waals surface area (Å²) in [4.78, 5) is 15.1. The first-order valence-corrected chi connectivity index (χ1v) is 10.9. The molecule has 1 aromatic carbocycles. The highest BCUT2D eigenvalue weighted by molar-refractivity contribution is 5.69. The number of benzene rings is 1. The predicted molar refractivity (Wildman–Crippen MR) is 128 cm³/mol. The number of nitrogens with one attached hydrogen (secondary N) is 2. The molecule has 0 aliphatic carbocycles. The Balaban J connectivity index is 1.53. The highest BCUT2D eigenvalue weighted by atomic mass is 19.1. The molecule has 1 aliphatic heterocycles. The van der Waals surface area contributed by atoms with E-state index in [1.807, 2.05) is 36.4 Å². The van der Waals surface area contributed by atoms with Gasteiger partial charge in [0.15, 0.2) is 11.6 Å². The van der Waals surface area contributed by atoms with E-state index in [1.54, 1.807) is 12.4 Å². The number of halogens is 1. The van der Waals surface area contributed by atoms with Crippen molar-refractivity contribution in [3.63, 3.8) is 0 Å². The van der Waals surface area contributed by atoms with Crippen molar-refractivity contribution in [3.05, 3.63) is 60.8 Å². The van der Waals surface area contributed by atoms with E-state index in [9.17, 15) is 4.39 Å². The number of aromatic nitrogens is 3. The molecule has 0 radical (unpaired) electrons. The summed E-state index contributed by atoms with van der Waals surface area (Å²) in [6.07, 6.45) is 6.54. The number of nitrogens with zero attached hydrogens (tertiary/aromatic N) is 4. The van der Waals surface area contributed by atoms with Crippen LogP contribution in [-0.2, 0) is 0 Å². The van der Waals surface area contributed by atoms with E-state index in [0.717, 1.165) is 29.7 Å². The van der Waals surface area contributed by atoms with Gasteiger partial charge in [-0.15, -0.1) is 0 Å². The van der Waals surface area contributed by atoms with Crippen LogP contribution in [-0.4, -0.2) is 44.0 Å². The standard InChI is InChI=1S/C25H31FN6/c1-24(2)14-20(15-25(3,4)32(24)5)29-22-21(26)16-28-23(31-22)30-19-8-6-7-18(13-19)17-9-11-27-12-10-17/h6-13,16,20H,14-15H2,1-5H3,(H2,28,29,30,31). The maximum Gasteiger partial charge on any atom is 0.229 e. The molecule has 7 heteroatoms. The van der Waals surface area contributed by atoms with Gasteiger partial charge in [0.1, 0.15) is 0 Å². The molecule has 0 saturated carbocycles. The molecule has 1 saturated heterocycles. The quantitative estimate of drug-likeness (QED) is 0.554. The summed E-state index contributed by atoms with van der Waals surface area (Å²) in [6.45, 7) is 8.90. The normalized spacial score (nSPS) is 18.3. The lowest BCUT2D eigenvalue weighted by atomic mass is 9.77. The molecule has 32 heavy (non-hydrogen) atoms. The minimum atomic E-state index is -0.448. The maximum atomic E-state index is 14.6. The van der Waals surface area contributed by atoms with Crippen molar-refractivity contribution in [1.29, 1.82) is 0 Å². The minimum Gasteiger partial charge on any atom is -0.365 e. The SMILES string of the molecule is CN1C(C)(C)CC(Nc2nc(Nc3cccc(-c4ccncc4)c3)ncc2F)CC1(C)C. The molecular formula is C25H31FN6. The van der Waals surface area contributed by atoms with E-state index >= 15 is 0 Å². The summed E-state index contributed by atoms with van der Waals surface area (Å²) < 4.78 is 14.6. The second-order valence-corrected chi connectivity index (χ2v) is 9.77. The molecule has 1 aliphatic rings. The van der Waals surface area contributed by atoms with E-state index < -0.39 is 5.82 Å². The average molecular weight is 435 g/mol. The topological polar surface area (TPSA) is 66.0 Å². The zero-order valence-electron chi connectivity index (χ0n) is 19.4. The molecule has 168 valence electrons. The first-order chi connectivity index (χ1) is 15.1. The lowest BCUT2D eigenvalue weighted by Gasteiger charge is -2.53. The summed E-state index contributed by atoms with van der Waals surface area (Å²) in [5.41, 5.74) is 2.94. The number of hydrogen-bond acceptors (Lipinski definition) is 6. The van der Waals surface area contributed by atoms with Crippen molar-refractivity contribution < 1.29 is 4.39 Å². The lowest BCUT2D eigenvalue weighted by Crippen LogP contribution is -2.61. The van der Waals surface area contributed by atoms with E-state index in [0.29, 0.717) is 5.95 Å². The molecule has 4 rings (SSSR count). The van der Waals surface area contributed by atoms with Crippen molar-refractivity contribution in [1.82, 2.24) is 19.9 Å². The van der Waals surface area contributed by atoms with E-state index in [1.165, 1.54) is 6.20 Å². The van der Waals surface area contributed by atoms with Crippen LogP contribution in [0.2, 0.25) is 0 Å². The van der Waals surface area contributed by atoms with Crippen molar-refractivity contribution >= 4 is 17.5 Å². The number of hydrogen-bond donors (Lipinski definition) is 2. The lowest BCUT2D eigenvalue weighted by molar-refractivity contribution is -0.00778. The van der Waals surface area contributed by atoms with E-state index in [-0.39, 0.29) is 22.9 Å². The fraction of sp³-hybridized carbons (Fsp3) is 0.400. The van der Waals surface area contributed by atoms with E-state index in [4.69, 9.17) is 0 Å². The Morgan fingerprint density at radius 1 is 1.00 bits per heavy atom. The fourth-order valence-corrected chi connectivity index (χ4v) is 4.65. The van der Waals surface area contributed by atoms with Crippen LogP contribution >= 0.6 is 0 Å². The number of anilines is 3.